The summed E-state index contributed by atoms with van der Waals surface area (Å²) in [5.74, 6) is -0.972. The normalized spacial score (nSPS) is 13.5. The van der Waals surface area contributed by atoms with Gasteiger partial charge in [-0.05, 0) is 25.5 Å². The number of carbonyl (C=O) groups is 3. The van der Waals surface area contributed by atoms with Gasteiger partial charge in [0.05, 0.1) is 17.7 Å². The van der Waals surface area contributed by atoms with Gasteiger partial charge in [0.25, 0.3) is 11.8 Å². The lowest BCUT2D eigenvalue weighted by molar-refractivity contribution is -0.148. The molecule has 0 saturated carbocycles. The summed E-state index contributed by atoms with van der Waals surface area (Å²) in [6.07, 6.45) is 0.477. The first-order valence-electron chi connectivity index (χ1n) is 6.83. The summed E-state index contributed by atoms with van der Waals surface area (Å²) < 4.78 is 9.85. The third-order valence-corrected chi connectivity index (χ3v) is 3.07. The molecule has 0 spiro atoms. The van der Waals surface area contributed by atoms with Gasteiger partial charge >= 0.3 is 5.97 Å². The number of benzene rings is 1. The van der Waals surface area contributed by atoms with Crippen LogP contribution in [0.5, 0.6) is 0 Å². The Bertz CT molecular complexity index is 520. The molecule has 6 heteroatoms. The molecule has 1 aromatic rings. The van der Waals surface area contributed by atoms with Crippen molar-refractivity contribution in [3.63, 3.8) is 0 Å². The van der Waals surface area contributed by atoms with Crippen molar-refractivity contribution in [1.29, 1.82) is 0 Å². The molecule has 1 heterocycles. The van der Waals surface area contributed by atoms with Crippen molar-refractivity contribution >= 4 is 17.8 Å². The SMILES string of the molecule is CCOC(=O)COCCCN1C(=O)c2ccccc2C1=O. The molecule has 1 aromatic carbocycles. The third-order valence-electron chi connectivity index (χ3n) is 3.07. The maximum Gasteiger partial charge on any atom is 0.332 e. The number of rotatable bonds is 7. The summed E-state index contributed by atoms with van der Waals surface area (Å²) >= 11 is 0. The van der Waals surface area contributed by atoms with Crippen LogP contribution in [-0.2, 0) is 14.3 Å². The van der Waals surface area contributed by atoms with Crippen molar-refractivity contribution in [2.24, 2.45) is 0 Å². The number of hydrogen-bond donors (Lipinski definition) is 0. The van der Waals surface area contributed by atoms with Gasteiger partial charge in [-0.25, -0.2) is 4.79 Å². The minimum Gasteiger partial charge on any atom is -0.464 e. The summed E-state index contributed by atoms with van der Waals surface area (Å²) in [5, 5.41) is 0. The van der Waals surface area contributed by atoms with E-state index in [0.29, 0.717) is 24.2 Å². The molecule has 0 N–H and O–H groups in total. The van der Waals surface area contributed by atoms with Crippen LogP contribution in [0.4, 0.5) is 0 Å². The van der Waals surface area contributed by atoms with Crippen LogP contribution in [0.25, 0.3) is 0 Å². The summed E-state index contributed by atoms with van der Waals surface area (Å²) in [4.78, 5) is 36.4. The second-order valence-electron chi connectivity index (χ2n) is 4.52. The van der Waals surface area contributed by atoms with Crippen LogP contribution < -0.4 is 0 Å². The first kappa shape index (κ1) is 15.2. The zero-order chi connectivity index (χ0) is 15.2. The number of amides is 2. The van der Waals surface area contributed by atoms with Gasteiger partial charge in [-0.2, -0.15) is 0 Å². The van der Waals surface area contributed by atoms with E-state index in [-0.39, 0.29) is 31.6 Å². The van der Waals surface area contributed by atoms with Crippen LogP contribution in [-0.4, -0.2) is 49.0 Å². The van der Waals surface area contributed by atoms with Gasteiger partial charge < -0.3 is 9.47 Å². The van der Waals surface area contributed by atoms with E-state index in [1.807, 2.05) is 0 Å². The Labute approximate surface area is 122 Å². The van der Waals surface area contributed by atoms with Crippen LogP contribution in [0.3, 0.4) is 0 Å². The van der Waals surface area contributed by atoms with Crippen LogP contribution >= 0.6 is 0 Å². The number of ether oxygens (including phenoxy) is 2. The lowest BCUT2D eigenvalue weighted by Gasteiger charge is -2.13. The van der Waals surface area contributed by atoms with E-state index in [1.54, 1.807) is 31.2 Å². The van der Waals surface area contributed by atoms with E-state index in [2.05, 4.69) is 0 Å². The molecule has 1 aliphatic heterocycles. The highest BCUT2D eigenvalue weighted by Gasteiger charge is 2.34. The van der Waals surface area contributed by atoms with Crippen molar-refractivity contribution in [2.45, 2.75) is 13.3 Å². The molecule has 6 nitrogen and oxygen atoms in total. The predicted molar refractivity (Wildman–Crippen MR) is 73.9 cm³/mol. The van der Waals surface area contributed by atoms with E-state index in [9.17, 15) is 14.4 Å². The Kier molecular flexibility index (Phi) is 5.05. The summed E-state index contributed by atoms with van der Waals surface area (Å²) in [6, 6.07) is 6.76. The van der Waals surface area contributed by atoms with Crippen LogP contribution in [0.2, 0.25) is 0 Å². The smallest absolute Gasteiger partial charge is 0.332 e. The van der Waals surface area contributed by atoms with E-state index >= 15 is 0 Å². The highest BCUT2D eigenvalue weighted by molar-refractivity contribution is 6.21. The molecule has 2 rings (SSSR count). The monoisotopic (exact) mass is 291 g/mol. The molecule has 0 unspecified atom stereocenters. The summed E-state index contributed by atoms with van der Waals surface area (Å²) in [6.45, 7) is 2.48. The van der Waals surface area contributed by atoms with Crippen molar-refractivity contribution in [3.05, 3.63) is 35.4 Å². The first-order valence-corrected chi connectivity index (χ1v) is 6.83. The number of hydrogen-bond acceptors (Lipinski definition) is 5. The molecule has 0 bridgehead atoms. The van der Waals surface area contributed by atoms with Crippen LogP contribution in [0, 0.1) is 0 Å². The first-order chi connectivity index (χ1) is 10.1. The van der Waals surface area contributed by atoms with Gasteiger partial charge in [0.1, 0.15) is 6.61 Å². The van der Waals surface area contributed by atoms with E-state index < -0.39 is 5.97 Å². The molecular formula is C15H17NO5. The van der Waals surface area contributed by atoms with Gasteiger partial charge in [0.2, 0.25) is 0 Å². The highest BCUT2D eigenvalue weighted by atomic mass is 16.6. The van der Waals surface area contributed by atoms with Crippen molar-refractivity contribution < 1.29 is 23.9 Å². The van der Waals surface area contributed by atoms with Crippen molar-refractivity contribution in [1.82, 2.24) is 4.90 Å². The fraction of sp³-hybridized carbons (Fsp3) is 0.400. The van der Waals surface area contributed by atoms with Gasteiger partial charge in [0, 0.05) is 13.2 Å². The van der Waals surface area contributed by atoms with Crippen molar-refractivity contribution in [2.75, 3.05) is 26.4 Å². The second kappa shape index (κ2) is 6.99. The average Bonchev–Trinajstić information content (AvgIpc) is 2.72. The summed E-state index contributed by atoms with van der Waals surface area (Å²) in [7, 11) is 0. The molecule has 0 aliphatic carbocycles. The Hall–Kier alpha value is -2.21. The molecule has 21 heavy (non-hydrogen) atoms. The molecule has 0 fully saturated rings. The molecular weight excluding hydrogens is 274 g/mol. The molecule has 1 aliphatic rings. The standard InChI is InChI=1S/C15H17NO5/c1-2-21-13(17)10-20-9-5-8-16-14(18)11-6-3-4-7-12(11)15(16)19/h3-4,6-7H,2,5,8-10H2,1H3. The number of imide groups is 1. The fourth-order valence-electron chi connectivity index (χ4n) is 2.13. The number of nitrogens with zero attached hydrogens (tertiary/aromatic N) is 1. The van der Waals surface area contributed by atoms with Crippen molar-refractivity contribution in [3.8, 4) is 0 Å². The largest absolute Gasteiger partial charge is 0.464 e. The van der Waals surface area contributed by atoms with E-state index in [1.165, 1.54) is 4.90 Å². The zero-order valence-corrected chi connectivity index (χ0v) is 11.8. The topological polar surface area (TPSA) is 72.9 Å². The third kappa shape index (κ3) is 3.46. The lowest BCUT2D eigenvalue weighted by Crippen LogP contribution is -2.31. The van der Waals surface area contributed by atoms with Gasteiger partial charge in [-0.15, -0.1) is 0 Å². The van der Waals surface area contributed by atoms with Crippen LogP contribution in [0.1, 0.15) is 34.1 Å². The maximum atomic E-state index is 12.1. The fourth-order valence-corrected chi connectivity index (χ4v) is 2.13. The Balaban J connectivity index is 1.77. The minimum atomic E-state index is -0.418. The average molecular weight is 291 g/mol. The van der Waals surface area contributed by atoms with Gasteiger partial charge in [0.15, 0.2) is 0 Å². The highest BCUT2D eigenvalue weighted by Crippen LogP contribution is 2.22. The number of carbonyl (C=O) groups excluding carboxylic acids is 3. The Morgan fingerprint density at radius 3 is 2.33 bits per heavy atom. The second-order valence-corrected chi connectivity index (χ2v) is 4.52. The van der Waals surface area contributed by atoms with Gasteiger partial charge in [-0.3, -0.25) is 14.5 Å². The molecule has 0 radical (unpaired) electrons. The molecule has 2 amide bonds. The van der Waals surface area contributed by atoms with Crippen LogP contribution in [0.15, 0.2) is 24.3 Å². The van der Waals surface area contributed by atoms with E-state index in [4.69, 9.17) is 9.47 Å². The van der Waals surface area contributed by atoms with E-state index in [0.717, 1.165) is 0 Å². The zero-order valence-electron chi connectivity index (χ0n) is 11.8. The minimum absolute atomic E-state index is 0.115. The number of fused-ring (bicyclic) bond motifs is 1. The summed E-state index contributed by atoms with van der Waals surface area (Å²) in [5.41, 5.74) is 0.880. The maximum absolute atomic E-state index is 12.1. The molecule has 0 atom stereocenters. The molecule has 0 aromatic heterocycles. The van der Waals surface area contributed by atoms with Gasteiger partial charge in [-0.1, -0.05) is 12.1 Å². The Morgan fingerprint density at radius 2 is 1.76 bits per heavy atom. The lowest BCUT2D eigenvalue weighted by atomic mass is 10.1. The molecule has 112 valence electrons. The quantitative estimate of drug-likeness (QED) is 0.429. The Morgan fingerprint density at radius 1 is 1.14 bits per heavy atom. The molecule has 0 saturated heterocycles. The predicted octanol–water partition coefficient (Wildman–Crippen LogP) is 1.25. The number of esters is 1.